The number of carbonyl (C=O) groups is 2. The summed E-state index contributed by atoms with van der Waals surface area (Å²) >= 11 is 0. The molecule has 1 aromatic heterocycles. The quantitative estimate of drug-likeness (QED) is 0.160. The summed E-state index contributed by atoms with van der Waals surface area (Å²) in [6.07, 6.45) is -0.807. The Kier molecular flexibility index (Phi) is 11.4. The van der Waals surface area contributed by atoms with Crippen LogP contribution in [0.5, 0.6) is 0 Å². The van der Waals surface area contributed by atoms with Crippen LogP contribution in [0.1, 0.15) is 75.3 Å². The lowest BCUT2D eigenvalue weighted by molar-refractivity contribution is -0.166. The molecule has 2 amide bonds. The highest BCUT2D eigenvalue weighted by Gasteiger charge is 2.51. The largest absolute Gasteiger partial charge is 0.421 e. The standard InChI is InChI=1S/C40H46F6N8O5S/c1-37(57)10-12-54(13-11-37)34-27(40(44,45)46)21-47-36(50-34)48-31-4-2-25(20-28(31)41)60(58)51-38-6-8-39(9-7-38,59-23-38)22-52-14-16-53(17-15-52)24-18-29(42)33(30(43)19-24)26-3-5-32(55)49-35(26)56/h2,4,18-21,26,51,57H,3,5-17,22-23H2,1H3,(H,47,48,50)(H,49,55,56). The summed E-state index contributed by atoms with van der Waals surface area (Å²) in [5, 5.41) is 15.1. The van der Waals surface area contributed by atoms with Crippen molar-refractivity contribution < 1.29 is 50.0 Å². The maximum Gasteiger partial charge on any atom is 0.421 e. The van der Waals surface area contributed by atoms with E-state index in [2.05, 4.69) is 30.2 Å². The summed E-state index contributed by atoms with van der Waals surface area (Å²) in [6, 6.07) is 6.36. The van der Waals surface area contributed by atoms with E-state index in [-0.39, 0.29) is 66.7 Å². The Morgan fingerprint density at radius 1 is 0.933 bits per heavy atom. The number of amides is 2. The number of ether oxygens (including phenoxy) is 1. The first kappa shape index (κ1) is 42.3. The summed E-state index contributed by atoms with van der Waals surface area (Å²) in [5.74, 6) is -5.28. The highest BCUT2D eigenvalue weighted by atomic mass is 32.2. The molecule has 0 radical (unpaired) electrons. The van der Waals surface area contributed by atoms with E-state index in [4.69, 9.17) is 4.74 Å². The van der Waals surface area contributed by atoms with Gasteiger partial charge in [0.15, 0.2) is 0 Å². The van der Waals surface area contributed by atoms with Crippen molar-refractivity contribution in [3.8, 4) is 0 Å². The zero-order chi connectivity index (χ0) is 42.6. The average molecular weight is 865 g/mol. The van der Waals surface area contributed by atoms with Gasteiger partial charge in [-0.2, -0.15) is 18.2 Å². The van der Waals surface area contributed by atoms with E-state index >= 15 is 13.2 Å². The van der Waals surface area contributed by atoms with Crippen LogP contribution in [0.25, 0.3) is 0 Å². The van der Waals surface area contributed by atoms with Crippen LogP contribution >= 0.6 is 0 Å². The minimum Gasteiger partial charge on any atom is -0.390 e. The fourth-order valence-corrected chi connectivity index (χ4v) is 10.1. The number of rotatable bonds is 10. The molecule has 0 spiro atoms. The lowest BCUT2D eigenvalue weighted by Crippen LogP contribution is -2.65. The second-order valence-electron chi connectivity index (χ2n) is 16.9. The number of aliphatic hydroxyl groups is 1. The van der Waals surface area contributed by atoms with Gasteiger partial charge >= 0.3 is 6.18 Å². The number of anilines is 4. The number of nitrogens with zero attached hydrogens (tertiary/aromatic N) is 5. The Balaban J connectivity index is 0.840. The number of aromatic nitrogens is 2. The lowest BCUT2D eigenvalue weighted by atomic mass is 9.71. The van der Waals surface area contributed by atoms with Crippen LogP contribution in [0, 0.1) is 17.5 Å². The molecule has 3 aromatic rings. The van der Waals surface area contributed by atoms with Crippen LogP contribution in [0.15, 0.2) is 41.4 Å². The first-order valence-electron chi connectivity index (χ1n) is 20.0. The minimum absolute atomic E-state index is 0.0157. The number of piperidine rings is 2. The molecule has 6 fully saturated rings. The number of hydrogen-bond acceptors (Lipinski definition) is 11. The molecule has 2 unspecified atom stereocenters. The normalized spacial score (nSPS) is 26.6. The van der Waals surface area contributed by atoms with Gasteiger partial charge in [0.05, 0.1) is 39.8 Å². The molecule has 9 rings (SSSR count). The second kappa shape index (κ2) is 16.2. The SMILES string of the molecule is CC1(O)CCN(c2nc(Nc3ccc(S(=O)NC45CCC(CN6CCN(c7cc(F)c(C8CCC(=O)NC8=O)c(F)c7)CC6)(CC4)OC5)cc3F)ncc2C(F)(F)F)CC1. The smallest absolute Gasteiger partial charge is 0.390 e. The van der Waals surface area contributed by atoms with Crippen LogP contribution in [-0.2, 0) is 31.5 Å². The van der Waals surface area contributed by atoms with Gasteiger partial charge in [0, 0.05) is 69.7 Å². The summed E-state index contributed by atoms with van der Waals surface area (Å²) < 4.78 is 111. The molecule has 6 heterocycles. The van der Waals surface area contributed by atoms with E-state index in [9.17, 15) is 32.1 Å². The van der Waals surface area contributed by atoms with Gasteiger partial charge in [0.1, 0.15) is 39.8 Å². The van der Waals surface area contributed by atoms with Gasteiger partial charge in [-0.15, -0.1) is 0 Å². The Morgan fingerprint density at radius 2 is 1.62 bits per heavy atom. The van der Waals surface area contributed by atoms with Crippen molar-refractivity contribution in [2.45, 2.75) is 92.0 Å². The van der Waals surface area contributed by atoms with Crippen LogP contribution in [0.2, 0.25) is 0 Å². The topological polar surface area (TPSA) is 152 Å². The molecule has 20 heteroatoms. The van der Waals surface area contributed by atoms with Crippen LogP contribution < -0.4 is 25.2 Å². The Morgan fingerprint density at radius 3 is 2.22 bits per heavy atom. The number of alkyl halides is 3. The number of benzene rings is 2. The monoisotopic (exact) mass is 864 g/mol. The van der Waals surface area contributed by atoms with Crippen molar-refractivity contribution in [3.05, 3.63) is 65.1 Å². The average Bonchev–Trinajstić information content (AvgIpc) is 3.19. The molecular formula is C40H46F6N8O5S. The van der Waals surface area contributed by atoms with Crippen molar-refractivity contribution in [1.29, 1.82) is 0 Å². The molecule has 324 valence electrons. The van der Waals surface area contributed by atoms with Crippen molar-refractivity contribution in [3.63, 3.8) is 0 Å². The first-order valence-corrected chi connectivity index (χ1v) is 21.2. The van der Waals surface area contributed by atoms with Crippen molar-refractivity contribution in [1.82, 2.24) is 24.9 Å². The van der Waals surface area contributed by atoms with Gasteiger partial charge in [-0.3, -0.25) is 19.8 Å². The van der Waals surface area contributed by atoms with Gasteiger partial charge in [-0.25, -0.2) is 27.1 Å². The molecule has 2 aromatic carbocycles. The molecule has 2 atom stereocenters. The van der Waals surface area contributed by atoms with E-state index in [0.717, 1.165) is 6.07 Å². The molecule has 1 aliphatic carbocycles. The Labute approximate surface area is 344 Å². The van der Waals surface area contributed by atoms with E-state index in [0.29, 0.717) is 76.9 Å². The molecule has 4 N–H and O–H groups in total. The van der Waals surface area contributed by atoms with Crippen LogP contribution in [0.3, 0.4) is 0 Å². The minimum atomic E-state index is -4.73. The molecule has 6 aliphatic rings. The number of hydrogen-bond donors (Lipinski definition) is 4. The van der Waals surface area contributed by atoms with Crippen molar-refractivity contribution in [2.75, 3.05) is 67.5 Å². The number of nitrogens with one attached hydrogen (secondary N) is 3. The third-order valence-electron chi connectivity index (χ3n) is 12.6. The highest BCUT2D eigenvalue weighted by molar-refractivity contribution is 7.83. The lowest BCUT2D eigenvalue weighted by Gasteiger charge is -2.54. The van der Waals surface area contributed by atoms with E-state index in [1.54, 1.807) is 6.92 Å². The van der Waals surface area contributed by atoms with Gasteiger partial charge in [-0.05, 0) is 82.2 Å². The Hall–Kier alpha value is -4.37. The van der Waals surface area contributed by atoms with Crippen LogP contribution in [-0.4, -0.2) is 105 Å². The summed E-state index contributed by atoms with van der Waals surface area (Å²) in [6.45, 7) is 5.15. The second-order valence-corrected chi connectivity index (χ2v) is 18.1. The van der Waals surface area contributed by atoms with Crippen molar-refractivity contribution in [2.24, 2.45) is 0 Å². The van der Waals surface area contributed by atoms with Gasteiger partial charge in [0.2, 0.25) is 17.8 Å². The predicted octanol–water partition coefficient (Wildman–Crippen LogP) is 5.04. The number of halogens is 6. The molecule has 1 saturated carbocycles. The van der Waals surface area contributed by atoms with E-state index in [1.807, 2.05) is 4.90 Å². The highest BCUT2D eigenvalue weighted by Crippen LogP contribution is 2.45. The molecular weight excluding hydrogens is 819 g/mol. The third-order valence-corrected chi connectivity index (χ3v) is 13.9. The Bertz CT molecular complexity index is 2130. The van der Waals surface area contributed by atoms with Gasteiger partial charge in [0.25, 0.3) is 0 Å². The fraction of sp³-hybridized carbons (Fsp3) is 0.550. The van der Waals surface area contributed by atoms with Crippen molar-refractivity contribution >= 4 is 45.9 Å². The molecule has 13 nitrogen and oxygen atoms in total. The first-order chi connectivity index (χ1) is 28.4. The fourth-order valence-electron chi connectivity index (χ4n) is 8.89. The molecule has 5 saturated heterocycles. The van der Waals surface area contributed by atoms with Gasteiger partial charge < -0.3 is 25.0 Å². The maximum atomic E-state index is 15.4. The van der Waals surface area contributed by atoms with Crippen LogP contribution in [0.4, 0.5) is 49.5 Å². The summed E-state index contributed by atoms with van der Waals surface area (Å²) in [7, 11) is -1.82. The van der Waals surface area contributed by atoms with E-state index in [1.165, 1.54) is 29.2 Å². The summed E-state index contributed by atoms with van der Waals surface area (Å²) in [5.41, 5.74) is -3.11. The number of carbonyl (C=O) groups excluding carboxylic acids is 2. The maximum absolute atomic E-state index is 15.4. The number of fused-ring (bicyclic) bond motifs is 3. The molecule has 2 bridgehead atoms. The summed E-state index contributed by atoms with van der Waals surface area (Å²) in [4.78, 5) is 37.4. The number of imide groups is 1. The molecule has 60 heavy (non-hydrogen) atoms. The van der Waals surface area contributed by atoms with Gasteiger partial charge in [-0.1, -0.05) is 0 Å². The third kappa shape index (κ3) is 8.84. The zero-order valence-corrected chi connectivity index (χ0v) is 33.7. The predicted molar refractivity (Wildman–Crippen MR) is 208 cm³/mol. The van der Waals surface area contributed by atoms with E-state index < -0.39 is 74.7 Å². The molecule has 5 aliphatic heterocycles. The zero-order valence-electron chi connectivity index (χ0n) is 32.8. The number of piperazine rings is 1.